The van der Waals surface area contributed by atoms with E-state index in [4.69, 9.17) is 0 Å². The molecule has 4 aliphatic carbocycles. The molecule has 2 unspecified atom stereocenters. The number of rotatable bonds is 6. The molecule has 0 aromatic carbocycles. The fraction of sp³-hybridized carbons (Fsp3) is 0.963. The number of fused-ring (bicyclic) bond motifs is 5. The van der Waals surface area contributed by atoms with Crippen molar-refractivity contribution in [1.82, 2.24) is 0 Å². The van der Waals surface area contributed by atoms with Crippen molar-refractivity contribution >= 4 is 6.29 Å². The molecule has 0 spiro atoms. The van der Waals surface area contributed by atoms with Crippen molar-refractivity contribution in [3.8, 4) is 0 Å². The van der Waals surface area contributed by atoms with Crippen molar-refractivity contribution in [2.45, 2.75) is 111 Å². The lowest BCUT2D eigenvalue weighted by Gasteiger charge is -2.61. The smallest absolute Gasteiger partial charge is 0.122 e. The summed E-state index contributed by atoms with van der Waals surface area (Å²) in [6, 6.07) is 0. The van der Waals surface area contributed by atoms with Gasteiger partial charge in [-0.1, -0.05) is 53.4 Å². The molecule has 0 aromatic heterocycles. The number of hydrogen-bond acceptors (Lipinski definition) is 1. The average molecular weight is 387 g/mol. The Bertz CT molecular complexity index is 554. The molecule has 0 aromatic rings. The van der Waals surface area contributed by atoms with Crippen molar-refractivity contribution in [3.63, 3.8) is 0 Å². The zero-order valence-electron chi connectivity index (χ0n) is 19.2. The van der Waals surface area contributed by atoms with Crippen LogP contribution in [0.15, 0.2) is 0 Å². The Hall–Kier alpha value is -0.330. The number of hydrogen-bond donors (Lipinski definition) is 0. The molecule has 0 aliphatic heterocycles. The van der Waals surface area contributed by atoms with Gasteiger partial charge in [-0.15, -0.1) is 0 Å². The van der Waals surface area contributed by atoms with E-state index in [0.717, 1.165) is 48.2 Å². The molecule has 4 saturated carbocycles. The molecular weight excluding hydrogens is 340 g/mol. The van der Waals surface area contributed by atoms with E-state index in [0.29, 0.717) is 10.8 Å². The van der Waals surface area contributed by atoms with Crippen LogP contribution in [0, 0.1) is 52.3 Å². The van der Waals surface area contributed by atoms with Crippen LogP contribution in [0.1, 0.15) is 111 Å². The highest BCUT2D eigenvalue weighted by Gasteiger charge is 2.59. The van der Waals surface area contributed by atoms with Crippen molar-refractivity contribution in [2.75, 3.05) is 0 Å². The highest BCUT2D eigenvalue weighted by Crippen LogP contribution is 2.68. The Labute approximate surface area is 174 Å². The van der Waals surface area contributed by atoms with Gasteiger partial charge in [-0.25, -0.2) is 0 Å². The molecule has 4 fully saturated rings. The first-order chi connectivity index (χ1) is 13.4. The quantitative estimate of drug-likeness (QED) is 0.428. The van der Waals surface area contributed by atoms with Gasteiger partial charge in [0.15, 0.2) is 0 Å². The predicted molar refractivity (Wildman–Crippen MR) is 118 cm³/mol. The summed E-state index contributed by atoms with van der Waals surface area (Å²) in [5.41, 5.74) is 1.28. The average Bonchev–Trinajstić information content (AvgIpc) is 3.04. The van der Waals surface area contributed by atoms with Crippen LogP contribution in [-0.4, -0.2) is 6.29 Å². The molecule has 0 N–H and O–H groups in total. The maximum Gasteiger partial charge on any atom is 0.122 e. The van der Waals surface area contributed by atoms with Gasteiger partial charge in [0.05, 0.1) is 0 Å². The van der Waals surface area contributed by atoms with Crippen LogP contribution in [-0.2, 0) is 4.79 Å². The lowest BCUT2D eigenvalue weighted by molar-refractivity contribution is -0.114. The lowest BCUT2D eigenvalue weighted by Crippen LogP contribution is -2.53. The molecule has 0 heterocycles. The maximum atomic E-state index is 10.9. The van der Waals surface area contributed by atoms with Gasteiger partial charge in [-0.2, -0.15) is 0 Å². The fourth-order valence-corrected chi connectivity index (χ4v) is 9.30. The van der Waals surface area contributed by atoms with Gasteiger partial charge < -0.3 is 4.79 Å². The standard InChI is InChI=1S/C27H46O/c1-19(18-28)8-7-9-20(2)23-13-14-24-22-12-11-21-10-5-6-16-26(21,3)25(22)15-17-27(23,24)4/h18-25H,5-17H2,1-4H3/t19?,20?,21-,22-,23+,24-,25-,26-,27+/m0/s1. The van der Waals surface area contributed by atoms with Crippen molar-refractivity contribution in [3.05, 3.63) is 0 Å². The third-order valence-corrected chi connectivity index (χ3v) is 10.9. The van der Waals surface area contributed by atoms with Gasteiger partial charge in [0.25, 0.3) is 0 Å². The Morgan fingerprint density at radius 3 is 2.43 bits per heavy atom. The van der Waals surface area contributed by atoms with Crippen LogP contribution < -0.4 is 0 Å². The normalized spacial score (nSPS) is 47.5. The van der Waals surface area contributed by atoms with Gasteiger partial charge >= 0.3 is 0 Å². The lowest BCUT2D eigenvalue weighted by atomic mass is 9.44. The van der Waals surface area contributed by atoms with E-state index < -0.39 is 0 Å². The van der Waals surface area contributed by atoms with Crippen LogP contribution in [0.2, 0.25) is 0 Å². The Kier molecular flexibility index (Phi) is 6.03. The summed E-state index contributed by atoms with van der Waals surface area (Å²) in [6.07, 6.45) is 20.0. The van der Waals surface area contributed by atoms with E-state index >= 15 is 0 Å². The Morgan fingerprint density at radius 2 is 1.64 bits per heavy atom. The minimum Gasteiger partial charge on any atom is -0.303 e. The Balaban J connectivity index is 1.44. The van der Waals surface area contributed by atoms with Crippen molar-refractivity contribution < 1.29 is 4.79 Å². The molecule has 4 rings (SSSR count). The molecule has 9 atom stereocenters. The predicted octanol–water partition coefficient (Wildman–Crippen LogP) is 7.68. The fourth-order valence-electron chi connectivity index (χ4n) is 9.30. The first-order valence-electron chi connectivity index (χ1n) is 12.9. The largest absolute Gasteiger partial charge is 0.303 e. The molecule has 1 heteroatoms. The minimum atomic E-state index is 0.251. The molecule has 1 nitrogen and oxygen atoms in total. The summed E-state index contributed by atoms with van der Waals surface area (Å²) in [5.74, 6) is 6.14. The van der Waals surface area contributed by atoms with E-state index in [-0.39, 0.29) is 5.92 Å². The summed E-state index contributed by atoms with van der Waals surface area (Å²) in [5, 5.41) is 0. The maximum absolute atomic E-state index is 10.9. The summed E-state index contributed by atoms with van der Waals surface area (Å²) in [7, 11) is 0. The zero-order valence-corrected chi connectivity index (χ0v) is 19.2. The SMILES string of the molecule is CC(C=O)CCCC(C)[C@H]1CC[C@H]2[C@@H]3CC[C@@H]4CCCC[C@]4(C)[C@H]3CC[C@]12C. The van der Waals surface area contributed by atoms with E-state index in [2.05, 4.69) is 27.7 Å². The first kappa shape index (κ1) is 20.9. The number of aldehydes is 1. The summed E-state index contributed by atoms with van der Waals surface area (Å²) >= 11 is 0. The van der Waals surface area contributed by atoms with E-state index in [9.17, 15) is 4.79 Å². The van der Waals surface area contributed by atoms with E-state index in [1.165, 1.54) is 70.6 Å². The van der Waals surface area contributed by atoms with Crippen molar-refractivity contribution in [1.29, 1.82) is 0 Å². The first-order valence-corrected chi connectivity index (χ1v) is 12.9. The monoisotopic (exact) mass is 386 g/mol. The third kappa shape index (κ3) is 3.41. The van der Waals surface area contributed by atoms with Crippen LogP contribution in [0.3, 0.4) is 0 Å². The number of carbonyl (C=O) groups is 1. The highest BCUT2D eigenvalue weighted by atomic mass is 16.1. The second-order valence-electron chi connectivity index (χ2n) is 12.2. The summed E-state index contributed by atoms with van der Waals surface area (Å²) < 4.78 is 0. The molecule has 0 amide bonds. The van der Waals surface area contributed by atoms with Crippen LogP contribution >= 0.6 is 0 Å². The van der Waals surface area contributed by atoms with Crippen LogP contribution in [0.25, 0.3) is 0 Å². The number of carbonyl (C=O) groups excluding carboxylic acids is 1. The molecule has 0 bridgehead atoms. The summed E-state index contributed by atoms with van der Waals surface area (Å²) in [4.78, 5) is 10.9. The van der Waals surface area contributed by atoms with Crippen LogP contribution in [0.4, 0.5) is 0 Å². The molecular formula is C27H46O. The topological polar surface area (TPSA) is 17.1 Å². The minimum absolute atomic E-state index is 0.251. The van der Waals surface area contributed by atoms with Gasteiger partial charge in [0.1, 0.15) is 6.29 Å². The molecule has 0 radical (unpaired) electrons. The van der Waals surface area contributed by atoms with Gasteiger partial charge in [0, 0.05) is 5.92 Å². The summed E-state index contributed by atoms with van der Waals surface area (Å²) in [6.45, 7) is 10.0. The molecule has 4 aliphatic rings. The third-order valence-electron chi connectivity index (χ3n) is 10.9. The zero-order chi connectivity index (χ0) is 19.9. The molecule has 160 valence electrons. The van der Waals surface area contributed by atoms with E-state index in [1.54, 1.807) is 6.42 Å². The molecule has 0 saturated heterocycles. The van der Waals surface area contributed by atoms with Gasteiger partial charge in [-0.05, 0) is 104 Å². The highest BCUT2D eigenvalue weighted by molar-refractivity contribution is 5.52. The van der Waals surface area contributed by atoms with Gasteiger partial charge in [0.2, 0.25) is 0 Å². The second-order valence-corrected chi connectivity index (χ2v) is 12.2. The van der Waals surface area contributed by atoms with Crippen molar-refractivity contribution in [2.24, 2.45) is 52.3 Å². The van der Waals surface area contributed by atoms with E-state index in [1.807, 2.05) is 0 Å². The second kappa shape index (κ2) is 8.07. The Morgan fingerprint density at radius 1 is 0.857 bits per heavy atom. The van der Waals surface area contributed by atoms with Gasteiger partial charge in [-0.3, -0.25) is 0 Å². The molecule has 28 heavy (non-hydrogen) atoms. The van der Waals surface area contributed by atoms with Crippen LogP contribution in [0.5, 0.6) is 0 Å².